The van der Waals surface area contributed by atoms with E-state index in [1.807, 2.05) is 49.4 Å². The number of aromatic nitrogens is 3. The smallest absolute Gasteiger partial charge is 0.261 e. The Labute approximate surface area is 222 Å². The predicted molar refractivity (Wildman–Crippen MR) is 148 cm³/mol. The van der Waals surface area contributed by atoms with E-state index >= 15 is 0 Å². The average Bonchev–Trinajstić information content (AvgIpc) is 3.25. The maximum atomic E-state index is 12.8. The molecule has 0 radical (unpaired) electrons. The Kier molecular flexibility index (Phi) is 6.49. The van der Waals surface area contributed by atoms with Crippen LogP contribution < -0.4 is 15.4 Å². The Morgan fingerprint density at radius 3 is 2.50 bits per heavy atom. The highest BCUT2D eigenvalue weighted by molar-refractivity contribution is 7.80. The molecule has 0 aliphatic rings. The maximum absolute atomic E-state index is 12.8. The van der Waals surface area contributed by atoms with Crippen LogP contribution in [-0.2, 0) is 0 Å². The molecule has 36 heavy (non-hydrogen) atoms. The van der Waals surface area contributed by atoms with E-state index in [4.69, 9.17) is 40.2 Å². The number of hydrogen-bond donors (Lipinski definition) is 2. The molecule has 4 aromatic carbocycles. The molecule has 0 saturated carbocycles. The fraction of sp³-hybridized carbons (Fsp3) is 0.0769. The van der Waals surface area contributed by atoms with Crippen LogP contribution in [0, 0.1) is 6.92 Å². The number of benzene rings is 4. The summed E-state index contributed by atoms with van der Waals surface area (Å²) in [6.07, 6.45) is 0. The number of nitrogens with one attached hydrogen (secondary N) is 2. The molecule has 2 N–H and O–H groups in total. The number of nitrogens with zero attached hydrogens (tertiary/aromatic N) is 3. The molecule has 0 aliphatic carbocycles. The van der Waals surface area contributed by atoms with Crippen molar-refractivity contribution in [3.05, 3.63) is 87.9 Å². The first-order valence-corrected chi connectivity index (χ1v) is 12.0. The quantitative estimate of drug-likeness (QED) is 0.262. The van der Waals surface area contributed by atoms with Gasteiger partial charge in [-0.25, -0.2) is 0 Å². The number of anilines is 1. The number of fused-ring (bicyclic) bond motifs is 2. The zero-order valence-corrected chi connectivity index (χ0v) is 21.5. The summed E-state index contributed by atoms with van der Waals surface area (Å²) >= 11 is 17.6. The number of carbonyl (C=O) groups excluding carboxylic acids is 1. The second-order valence-corrected chi connectivity index (χ2v) is 9.27. The van der Waals surface area contributed by atoms with Crippen molar-refractivity contribution in [2.24, 2.45) is 0 Å². The average molecular weight is 536 g/mol. The van der Waals surface area contributed by atoms with Gasteiger partial charge < -0.3 is 10.1 Å². The Morgan fingerprint density at radius 2 is 1.72 bits per heavy atom. The summed E-state index contributed by atoms with van der Waals surface area (Å²) in [6, 6.07) is 20.8. The summed E-state index contributed by atoms with van der Waals surface area (Å²) in [4.78, 5) is 14.5. The second-order valence-electron chi connectivity index (χ2n) is 8.02. The summed E-state index contributed by atoms with van der Waals surface area (Å²) in [5.74, 6) is -0.293. The standard InChI is InChI=1S/C26H19Cl2N5O2S/c1-14-10-21-22(32-33(31-21)23-9-5-7-15-6-3-4-8-17(15)23)13-20(14)29-26(36)30-25(34)18-11-16(27)12-19(28)24(18)35-2/h3-13H,1-2H3,(H2,29,30,34,36). The van der Waals surface area contributed by atoms with E-state index in [0.29, 0.717) is 16.2 Å². The number of halogens is 2. The number of ether oxygens (including phenoxy) is 1. The highest BCUT2D eigenvalue weighted by Gasteiger charge is 2.18. The van der Waals surface area contributed by atoms with E-state index in [-0.39, 0.29) is 21.4 Å². The number of aryl methyl sites for hydroxylation is 1. The van der Waals surface area contributed by atoms with Crippen molar-refractivity contribution in [2.45, 2.75) is 6.92 Å². The van der Waals surface area contributed by atoms with Crippen LogP contribution in [0.25, 0.3) is 27.5 Å². The maximum Gasteiger partial charge on any atom is 0.261 e. The minimum absolute atomic E-state index is 0.0991. The molecular weight excluding hydrogens is 517 g/mol. The van der Waals surface area contributed by atoms with E-state index < -0.39 is 5.91 Å². The first-order chi connectivity index (χ1) is 17.3. The van der Waals surface area contributed by atoms with Gasteiger partial charge in [-0.3, -0.25) is 10.1 Å². The molecule has 180 valence electrons. The molecule has 5 aromatic rings. The molecule has 0 fully saturated rings. The lowest BCUT2D eigenvalue weighted by Crippen LogP contribution is -2.34. The van der Waals surface area contributed by atoms with Crippen LogP contribution in [0.4, 0.5) is 5.69 Å². The van der Waals surface area contributed by atoms with E-state index in [1.54, 1.807) is 4.80 Å². The summed E-state index contributed by atoms with van der Waals surface area (Å²) < 4.78 is 5.25. The Morgan fingerprint density at radius 1 is 1.00 bits per heavy atom. The Balaban J connectivity index is 1.41. The molecule has 0 unspecified atom stereocenters. The number of carbonyl (C=O) groups is 1. The van der Waals surface area contributed by atoms with Gasteiger partial charge in [0.25, 0.3) is 5.91 Å². The molecular formula is C26H19Cl2N5O2S. The molecule has 0 spiro atoms. The van der Waals surface area contributed by atoms with Gasteiger partial charge in [-0.1, -0.05) is 59.6 Å². The molecule has 0 aliphatic heterocycles. The number of rotatable bonds is 4. The molecule has 1 aromatic heterocycles. The minimum atomic E-state index is -0.505. The summed E-state index contributed by atoms with van der Waals surface area (Å²) in [7, 11) is 1.42. The lowest BCUT2D eigenvalue weighted by molar-refractivity contribution is 0.0974. The van der Waals surface area contributed by atoms with Crippen LogP contribution in [0.3, 0.4) is 0 Å². The number of amides is 1. The highest BCUT2D eigenvalue weighted by Crippen LogP contribution is 2.32. The number of methoxy groups -OCH3 is 1. The van der Waals surface area contributed by atoms with Gasteiger partial charge in [0, 0.05) is 16.1 Å². The lowest BCUT2D eigenvalue weighted by atomic mass is 10.1. The number of thiocarbonyl (C=S) groups is 1. The van der Waals surface area contributed by atoms with Crippen LogP contribution in [0.2, 0.25) is 10.0 Å². The molecule has 1 heterocycles. The van der Waals surface area contributed by atoms with Crippen LogP contribution >= 0.6 is 35.4 Å². The fourth-order valence-electron chi connectivity index (χ4n) is 3.95. The van der Waals surface area contributed by atoms with Gasteiger partial charge in [-0.15, -0.1) is 15.0 Å². The number of hydrogen-bond acceptors (Lipinski definition) is 5. The largest absolute Gasteiger partial charge is 0.494 e. The van der Waals surface area contributed by atoms with Crippen molar-refractivity contribution in [3.63, 3.8) is 0 Å². The Hall–Kier alpha value is -3.72. The molecule has 7 nitrogen and oxygen atoms in total. The van der Waals surface area contributed by atoms with E-state index in [9.17, 15) is 4.79 Å². The van der Waals surface area contributed by atoms with Crippen LogP contribution in [0.1, 0.15) is 15.9 Å². The molecule has 1 amide bonds. The van der Waals surface area contributed by atoms with Gasteiger partial charge in [0.15, 0.2) is 5.11 Å². The summed E-state index contributed by atoms with van der Waals surface area (Å²) in [6.45, 7) is 1.92. The van der Waals surface area contributed by atoms with Gasteiger partial charge in [0.1, 0.15) is 16.8 Å². The molecule has 10 heteroatoms. The van der Waals surface area contributed by atoms with Gasteiger partial charge >= 0.3 is 0 Å². The first kappa shape index (κ1) is 24.0. The fourth-order valence-corrected chi connectivity index (χ4v) is 4.73. The van der Waals surface area contributed by atoms with E-state index in [1.165, 1.54) is 19.2 Å². The Bertz CT molecular complexity index is 1660. The van der Waals surface area contributed by atoms with Crippen molar-refractivity contribution >= 4 is 73.9 Å². The summed E-state index contributed by atoms with van der Waals surface area (Å²) in [5, 5.41) is 17.9. The van der Waals surface area contributed by atoms with E-state index in [0.717, 1.165) is 27.5 Å². The van der Waals surface area contributed by atoms with Crippen molar-refractivity contribution in [3.8, 4) is 11.4 Å². The van der Waals surface area contributed by atoms with Gasteiger partial charge in [0.2, 0.25) is 0 Å². The minimum Gasteiger partial charge on any atom is -0.494 e. The van der Waals surface area contributed by atoms with Crippen molar-refractivity contribution in [1.29, 1.82) is 0 Å². The molecule has 0 saturated heterocycles. The van der Waals surface area contributed by atoms with Gasteiger partial charge in [-0.2, -0.15) is 0 Å². The van der Waals surface area contributed by atoms with Crippen LogP contribution in [0.5, 0.6) is 5.75 Å². The predicted octanol–water partition coefficient (Wildman–Crippen LogP) is 6.32. The third-order valence-corrected chi connectivity index (χ3v) is 6.34. The van der Waals surface area contributed by atoms with Gasteiger partial charge in [0.05, 0.1) is 23.4 Å². The van der Waals surface area contributed by atoms with E-state index in [2.05, 4.69) is 33.0 Å². The molecule has 0 bridgehead atoms. The monoisotopic (exact) mass is 535 g/mol. The first-order valence-electron chi connectivity index (χ1n) is 10.9. The third-order valence-electron chi connectivity index (χ3n) is 5.64. The van der Waals surface area contributed by atoms with Crippen molar-refractivity contribution in [1.82, 2.24) is 20.3 Å². The van der Waals surface area contributed by atoms with Crippen molar-refractivity contribution < 1.29 is 9.53 Å². The van der Waals surface area contributed by atoms with Crippen molar-refractivity contribution in [2.75, 3.05) is 12.4 Å². The van der Waals surface area contributed by atoms with Gasteiger partial charge in [-0.05, 0) is 60.4 Å². The molecule has 5 rings (SSSR count). The topological polar surface area (TPSA) is 81.1 Å². The normalized spacial score (nSPS) is 11.0. The summed E-state index contributed by atoms with van der Waals surface area (Å²) in [5.41, 5.74) is 4.03. The second kappa shape index (κ2) is 9.73. The lowest BCUT2D eigenvalue weighted by Gasteiger charge is -2.14. The molecule has 0 atom stereocenters. The zero-order valence-electron chi connectivity index (χ0n) is 19.2. The van der Waals surface area contributed by atoms with Crippen LogP contribution in [0.15, 0.2) is 66.7 Å². The SMILES string of the molecule is COc1c(Cl)cc(Cl)cc1C(=O)NC(=S)Nc1cc2nn(-c3cccc4ccccc34)nc2cc1C. The third kappa shape index (κ3) is 4.58. The van der Waals surface area contributed by atoms with Crippen LogP contribution in [-0.4, -0.2) is 33.1 Å². The highest BCUT2D eigenvalue weighted by atomic mass is 35.5. The zero-order chi connectivity index (χ0) is 25.4.